The highest BCUT2D eigenvalue weighted by Gasteiger charge is 2.19. The van der Waals surface area contributed by atoms with Crippen LogP contribution in [0.25, 0.3) is 0 Å². The normalized spacial score (nSPS) is 14.9. The number of carbonyl (C=O) groups is 2. The molecule has 0 amide bonds. The van der Waals surface area contributed by atoms with E-state index in [2.05, 4.69) is 0 Å². The van der Waals surface area contributed by atoms with Gasteiger partial charge in [-0.1, -0.05) is 13.8 Å². The van der Waals surface area contributed by atoms with E-state index in [-0.39, 0.29) is 24.5 Å². The standard InChI is InChI=1S/C13H24O5/c1-9(8-18-13(3,4)5)7-17-12(16)10(2)6-11(14)15/h9-10H,6-8H2,1-5H3,(H,14,15)/t9-,10?/m0/s1. The van der Waals surface area contributed by atoms with E-state index in [1.54, 1.807) is 6.92 Å². The van der Waals surface area contributed by atoms with Crippen LogP contribution in [0.3, 0.4) is 0 Å². The summed E-state index contributed by atoms with van der Waals surface area (Å²) in [5.41, 5.74) is -0.213. The van der Waals surface area contributed by atoms with Gasteiger partial charge in [-0.15, -0.1) is 0 Å². The molecule has 0 aliphatic heterocycles. The molecular formula is C13H24O5. The van der Waals surface area contributed by atoms with Crippen LogP contribution in [0.5, 0.6) is 0 Å². The van der Waals surface area contributed by atoms with Crippen molar-refractivity contribution in [1.82, 2.24) is 0 Å². The van der Waals surface area contributed by atoms with Gasteiger partial charge in [-0.05, 0) is 20.8 Å². The zero-order valence-electron chi connectivity index (χ0n) is 11.9. The summed E-state index contributed by atoms with van der Waals surface area (Å²) in [4.78, 5) is 21.9. The minimum atomic E-state index is -0.997. The summed E-state index contributed by atoms with van der Waals surface area (Å²) in [6.45, 7) is 10.1. The number of carbonyl (C=O) groups excluding carboxylic acids is 1. The van der Waals surface area contributed by atoms with Gasteiger partial charge in [0.25, 0.3) is 0 Å². The fourth-order valence-electron chi connectivity index (χ4n) is 1.15. The molecule has 0 spiro atoms. The number of hydrogen-bond donors (Lipinski definition) is 1. The van der Waals surface area contributed by atoms with E-state index in [9.17, 15) is 9.59 Å². The fourth-order valence-corrected chi connectivity index (χ4v) is 1.15. The summed E-state index contributed by atoms with van der Waals surface area (Å²) in [5, 5.41) is 8.56. The number of esters is 1. The molecule has 0 heterocycles. The number of carboxylic acids is 1. The van der Waals surface area contributed by atoms with Crippen molar-refractivity contribution < 1.29 is 24.2 Å². The van der Waals surface area contributed by atoms with E-state index >= 15 is 0 Å². The van der Waals surface area contributed by atoms with Gasteiger partial charge in [0.1, 0.15) is 0 Å². The first-order valence-electron chi connectivity index (χ1n) is 6.14. The third-order valence-corrected chi connectivity index (χ3v) is 2.19. The molecule has 1 N–H and O–H groups in total. The molecule has 0 aliphatic carbocycles. The van der Waals surface area contributed by atoms with Gasteiger partial charge in [0, 0.05) is 5.92 Å². The summed E-state index contributed by atoms with van der Waals surface area (Å²) in [5.74, 6) is -1.99. The van der Waals surface area contributed by atoms with Crippen molar-refractivity contribution in [3.05, 3.63) is 0 Å². The van der Waals surface area contributed by atoms with E-state index in [4.69, 9.17) is 14.6 Å². The molecule has 0 bridgehead atoms. The molecule has 0 saturated heterocycles. The third kappa shape index (κ3) is 8.98. The van der Waals surface area contributed by atoms with Crippen LogP contribution in [-0.4, -0.2) is 35.9 Å². The predicted octanol–water partition coefficient (Wildman–Crippen LogP) is 2.09. The first-order chi connectivity index (χ1) is 8.11. The van der Waals surface area contributed by atoms with Crippen LogP contribution in [-0.2, 0) is 19.1 Å². The Labute approximate surface area is 108 Å². The molecular weight excluding hydrogens is 236 g/mol. The van der Waals surface area contributed by atoms with Crippen LogP contribution in [0.2, 0.25) is 0 Å². The summed E-state index contributed by atoms with van der Waals surface area (Å²) >= 11 is 0. The van der Waals surface area contributed by atoms with Crippen molar-refractivity contribution in [3.63, 3.8) is 0 Å². The molecule has 0 saturated carbocycles. The highest BCUT2D eigenvalue weighted by atomic mass is 16.5. The van der Waals surface area contributed by atoms with Crippen LogP contribution in [0.1, 0.15) is 41.0 Å². The zero-order chi connectivity index (χ0) is 14.3. The predicted molar refractivity (Wildman–Crippen MR) is 67.2 cm³/mol. The second kappa shape index (κ2) is 7.36. The van der Waals surface area contributed by atoms with E-state index in [1.165, 1.54) is 0 Å². The van der Waals surface area contributed by atoms with Crippen LogP contribution < -0.4 is 0 Å². The van der Waals surface area contributed by atoms with Gasteiger partial charge in [0.2, 0.25) is 0 Å². The van der Waals surface area contributed by atoms with Crippen molar-refractivity contribution in [2.45, 2.75) is 46.6 Å². The third-order valence-electron chi connectivity index (χ3n) is 2.19. The number of carboxylic acid groups (broad SMARTS) is 1. The molecule has 0 radical (unpaired) electrons. The maximum atomic E-state index is 11.5. The fraction of sp³-hybridized carbons (Fsp3) is 0.846. The Kier molecular flexibility index (Phi) is 6.91. The monoisotopic (exact) mass is 260 g/mol. The molecule has 5 heteroatoms. The Hall–Kier alpha value is -1.10. The highest BCUT2D eigenvalue weighted by Crippen LogP contribution is 2.11. The lowest BCUT2D eigenvalue weighted by molar-refractivity contribution is -0.154. The second-order valence-electron chi connectivity index (χ2n) is 5.66. The molecule has 0 aromatic heterocycles. The topological polar surface area (TPSA) is 72.8 Å². The summed E-state index contributed by atoms with van der Waals surface area (Å²) in [6.07, 6.45) is -0.203. The van der Waals surface area contributed by atoms with E-state index in [0.717, 1.165) is 0 Å². The van der Waals surface area contributed by atoms with Crippen molar-refractivity contribution in [2.75, 3.05) is 13.2 Å². The van der Waals surface area contributed by atoms with Crippen LogP contribution in [0.15, 0.2) is 0 Å². The van der Waals surface area contributed by atoms with Gasteiger partial charge >= 0.3 is 11.9 Å². The largest absolute Gasteiger partial charge is 0.481 e. The van der Waals surface area contributed by atoms with E-state index in [1.807, 2.05) is 27.7 Å². The molecule has 106 valence electrons. The second-order valence-corrected chi connectivity index (χ2v) is 5.66. The number of hydrogen-bond acceptors (Lipinski definition) is 4. The minimum Gasteiger partial charge on any atom is -0.481 e. The molecule has 18 heavy (non-hydrogen) atoms. The average molecular weight is 260 g/mol. The van der Waals surface area contributed by atoms with Gasteiger partial charge in [0.15, 0.2) is 0 Å². The van der Waals surface area contributed by atoms with Gasteiger partial charge in [-0.25, -0.2) is 0 Å². The Morgan fingerprint density at radius 3 is 2.17 bits per heavy atom. The Balaban J connectivity index is 3.87. The lowest BCUT2D eigenvalue weighted by Gasteiger charge is -2.22. The van der Waals surface area contributed by atoms with Crippen molar-refractivity contribution in [3.8, 4) is 0 Å². The summed E-state index contributed by atoms with van der Waals surface area (Å²) in [7, 11) is 0. The number of aliphatic carboxylic acids is 1. The summed E-state index contributed by atoms with van der Waals surface area (Å²) in [6, 6.07) is 0. The Morgan fingerprint density at radius 1 is 1.17 bits per heavy atom. The molecule has 5 nitrogen and oxygen atoms in total. The molecule has 1 unspecified atom stereocenters. The smallest absolute Gasteiger partial charge is 0.309 e. The average Bonchev–Trinajstić information content (AvgIpc) is 2.20. The molecule has 0 rings (SSSR count). The van der Waals surface area contributed by atoms with Crippen LogP contribution in [0, 0.1) is 11.8 Å². The van der Waals surface area contributed by atoms with Crippen molar-refractivity contribution in [2.24, 2.45) is 11.8 Å². The number of ether oxygens (including phenoxy) is 2. The Morgan fingerprint density at radius 2 is 1.72 bits per heavy atom. The Bertz CT molecular complexity index is 280. The highest BCUT2D eigenvalue weighted by molar-refractivity contribution is 5.78. The van der Waals surface area contributed by atoms with Gasteiger partial charge in [-0.2, -0.15) is 0 Å². The minimum absolute atomic E-state index is 0.0882. The summed E-state index contributed by atoms with van der Waals surface area (Å²) < 4.78 is 10.6. The maximum Gasteiger partial charge on any atom is 0.309 e. The van der Waals surface area contributed by atoms with Crippen molar-refractivity contribution in [1.29, 1.82) is 0 Å². The zero-order valence-corrected chi connectivity index (χ0v) is 11.9. The van der Waals surface area contributed by atoms with Gasteiger partial charge in [0.05, 0.1) is 31.2 Å². The SMILES string of the molecule is CC(CC(=O)O)C(=O)OC[C@H](C)COC(C)(C)C. The molecule has 0 fully saturated rings. The van der Waals surface area contributed by atoms with E-state index < -0.39 is 17.9 Å². The quantitative estimate of drug-likeness (QED) is 0.709. The molecule has 2 atom stereocenters. The van der Waals surface area contributed by atoms with Gasteiger partial charge in [-0.3, -0.25) is 9.59 Å². The van der Waals surface area contributed by atoms with Gasteiger partial charge < -0.3 is 14.6 Å². The van der Waals surface area contributed by atoms with Crippen molar-refractivity contribution >= 4 is 11.9 Å². The van der Waals surface area contributed by atoms with E-state index in [0.29, 0.717) is 6.61 Å². The lowest BCUT2D eigenvalue weighted by Crippen LogP contribution is -2.26. The maximum absolute atomic E-state index is 11.5. The first-order valence-corrected chi connectivity index (χ1v) is 6.14. The van der Waals surface area contributed by atoms with Crippen LogP contribution >= 0.6 is 0 Å². The molecule has 0 aromatic carbocycles. The molecule has 0 aromatic rings. The number of rotatable bonds is 7. The van der Waals surface area contributed by atoms with Crippen LogP contribution in [0.4, 0.5) is 0 Å². The molecule has 0 aliphatic rings. The lowest BCUT2D eigenvalue weighted by atomic mass is 10.1. The first kappa shape index (κ1) is 16.9.